The topological polar surface area (TPSA) is 120 Å². The predicted octanol–water partition coefficient (Wildman–Crippen LogP) is 1.82. The van der Waals surface area contributed by atoms with Gasteiger partial charge in [0.15, 0.2) is 0 Å². The molecule has 2 aliphatic rings. The van der Waals surface area contributed by atoms with Crippen molar-refractivity contribution in [1.82, 2.24) is 30.8 Å². The first kappa shape index (κ1) is 21.3. The smallest absolute Gasteiger partial charge is 0.338 e. The molecule has 1 saturated heterocycles. The fourth-order valence-corrected chi connectivity index (χ4v) is 4.46. The Hall–Kier alpha value is -2.92. The zero-order valence-corrected chi connectivity index (χ0v) is 17.9. The summed E-state index contributed by atoms with van der Waals surface area (Å²) >= 11 is 1.35. The van der Waals surface area contributed by atoms with Crippen LogP contribution in [0.1, 0.15) is 31.4 Å². The number of ether oxygens (including phenoxy) is 2. The van der Waals surface area contributed by atoms with Crippen molar-refractivity contribution in [2.24, 2.45) is 0 Å². The van der Waals surface area contributed by atoms with Gasteiger partial charge in [0.25, 0.3) is 0 Å². The Balaban J connectivity index is 1.58. The van der Waals surface area contributed by atoms with Gasteiger partial charge in [0.1, 0.15) is 0 Å². The van der Waals surface area contributed by atoms with Crippen molar-refractivity contribution in [1.29, 1.82) is 0 Å². The number of hydrogen-bond acceptors (Lipinski definition) is 8. The SMILES string of the molecule is CCOC(=O)C1=C(CSc2nnnn2CC2CCCO2)NC(=O)NC1c1ccccc1. The van der Waals surface area contributed by atoms with E-state index in [1.165, 1.54) is 11.8 Å². The van der Waals surface area contributed by atoms with E-state index < -0.39 is 12.0 Å². The summed E-state index contributed by atoms with van der Waals surface area (Å²) in [4.78, 5) is 25.2. The third-order valence-electron chi connectivity index (χ3n) is 5.03. The van der Waals surface area contributed by atoms with Crippen molar-refractivity contribution in [2.75, 3.05) is 19.0 Å². The molecule has 1 fully saturated rings. The van der Waals surface area contributed by atoms with Crippen molar-refractivity contribution < 1.29 is 19.1 Å². The minimum atomic E-state index is -0.604. The van der Waals surface area contributed by atoms with Crippen LogP contribution in [0, 0.1) is 0 Å². The van der Waals surface area contributed by atoms with Crippen LogP contribution in [-0.4, -0.2) is 57.3 Å². The van der Waals surface area contributed by atoms with Crippen LogP contribution < -0.4 is 10.6 Å². The monoisotopic (exact) mass is 444 g/mol. The van der Waals surface area contributed by atoms with Crippen LogP contribution >= 0.6 is 11.8 Å². The molecule has 31 heavy (non-hydrogen) atoms. The van der Waals surface area contributed by atoms with Gasteiger partial charge in [-0.3, -0.25) is 0 Å². The standard InChI is InChI=1S/C20H24N6O4S/c1-2-29-18(27)16-15(21-19(28)22-17(16)13-7-4-3-5-8-13)12-31-20-23-24-25-26(20)11-14-9-6-10-30-14/h3-5,7-8,14,17H,2,6,9-12H2,1H3,(H2,21,22,28). The lowest BCUT2D eigenvalue weighted by Gasteiger charge is -2.29. The number of hydrogen-bond donors (Lipinski definition) is 2. The van der Waals surface area contributed by atoms with E-state index in [4.69, 9.17) is 9.47 Å². The predicted molar refractivity (Wildman–Crippen MR) is 112 cm³/mol. The number of rotatable bonds is 8. The summed E-state index contributed by atoms with van der Waals surface area (Å²) in [5.74, 6) is -0.171. The van der Waals surface area contributed by atoms with E-state index in [0.717, 1.165) is 25.0 Å². The van der Waals surface area contributed by atoms with Gasteiger partial charge in [-0.15, -0.1) is 5.10 Å². The Morgan fingerprint density at radius 3 is 2.94 bits per heavy atom. The molecule has 2 aromatic rings. The largest absolute Gasteiger partial charge is 0.463 e. The molecular formula is C20H24N6O4S. The number of tetrazole rings is 1. The van der Waals surface area contributed by atoms with E-state index in [2.05, 4.69) is 26.2 Å². The Labute approximate surface area is 183 Å². The van der Waals surface area contributed by atoms with Gasteiger partial charge in [-0.2, -0.15) is 0 Å². The van der Waals surface area contributed by atoms with Gasteiger partial charge < -0.3 is 20.1 Å². The van der Waals surface area contributed by atoms with Gasteiger partial charge in [0, 0.05) is 18.1 Å². The number of nitrogens with zero attached hydrogens (tertiary/aromatic N) is 4. The van der Waals surface area contributed by atoms with E-state index in [-0.39, 0.29) is 18.7 Å². The van der Waals surface area contributed by atoms with Gasteiger partial charge in [0.2, 0.25) is 5.16 Å². The molecule has 164 valence electrons. The molecule has 0 saturated carbocycles. The lowest BCUT2D eigenvalue weighted by Crippen LogP contribution is -2.46. The average molecular weight is 445 g/mol. The Kier molecular flexibility index (Phi) is 6.82. The highest BCUT2D eigenvalue weighted by atomic mass is 32.2. The van der Waals surface area contributed by atoms with Gasteiger partial charge in [0.05, 0.1) is 30.9 Å². The molecular weight excluding hydrogens is 420 g/mol. The Morgan fingerprint density at radius 2 is 2.19 bits per heavy atom. The highest BCUT2D eigenvalue weighted by molar-refractivity contribution is 7.99. The highest BCUT2D eigenvalue weighted by Crippen LogP contribution is 2.30. The van der Waals surface area contributed by atoms with Crippen LogP contribution in [0.2, 0.25) is 0 Å². The second kappa shape index (κ2) is 9.92. The second-order valence-electron chi connectivity index (χ2n) is 7.12. The third kappa shape index (κ3) is 5.05. The number of benzene rings is 1. The van der Waals surface area contributed by atoms with Crippen LogP contribution in [0.3, 0.4) is 0 Å². The van der Waals surface area contributed by atoms with Crippen LogP contribution in [0.4, 0.5) is 4.79 Å². The molecule has 1 aromatic carbocycles. The molecule has 10 nitrogen and oxygen atoms in total. The molecule has 2 atom stereocenters. The number of esters is 1. The fraction of sp³-hybridized carbons (Fsp3) is 0.450. The lowest BCUT2D eigenvalue weighted by atomic mass is 9.95. The molecule has 2 unspecified atom stereocenters. The number of carbonyl (C=O) groups excluding carboxylic acids is 2. The summed E-state index contributed by atoms with van der Waals surface area (Å²) in [6.45, 7) is 3.31. The van der Waals surface area contributed by atoms with Crippen molar-refractivity contribution >= 4 is 23.8 Å². The average Bonchev–Trinajstić information content (AvgIpc) is 3.45. The van der Waals surface area contributed by atoms with E-state index in [1.54, 1.807) is 11.6 Å². The quantitative estimate of drug-likeness (QED) is 0.467. The molecule has 2 amide bonds. The summed E-state index contributed by atoms with van der Waals surface area (Å²) in [7, 11) is 0. The minimum absolute atomic E-state index is 0.0956. The molecule has 0 spiro atoms. The number of urea groups is 1. The number of nitrogens with one attached hydrogen (secondary N) is 2. The van der Waals surface area contributed by atoms with E-state index >= 15 is 0 Å². The van der Waals surface area contributed by atoms with Gasteiger partial charge in [-0.1, -0.05) is 42.1 Å². The Morgan fingerprint density at radius 1 is 1.35 bits per heavy atom. The summed E-state index contributed by atoms with van der Waals surface area (Å²) in [5.41, 5.74) is 1.65. The molecule has 2 aliphatic heterocycles. The van der Waals surface area contributed by atoms with E-state index in [1.807, 2.05) is 30.3 Å². The molecule has 3 heterocycles. The van der Waals surface area contributed by atoms with Crippen molar-refractivity contribution in [2.45, 2.75) is 43.6 Å². The van der Waals surface area contributed by atoms with Crippen molar-refractivity contribution in [3.05, 3.63) is 47.2 Å². The van der Waals surface area contributed by atoms with Crippen LogP contribution in [0.5, 0.6) is 0 Å². The number of aromatic nitrogens is 4. The van der Waals surface area contributed by atoms with Gasteiger partial charge >= 0.3 is 12.0 Å². The number of carbonyl (C=O) groups is 2. The minimum Gasteiger partial charge on any atom is -0.463 e. The maximum absolute atomic E-state index is 12.8. The maximum Gasteiger partial charge on any atom is 0.338 e. The summed E-state index contributed by atoms with van der Waals surface area (Å²) in [6.07, 6.45) is 2.10. The normalized spacial score (nSPS) is 21.0. The van der Waals surface area contributed by atoms with Crippen molar-refractivity contribution in [3.63, 3.8) is 0 Å². The zero-order chi connectivity index (χ0) is 21.6. The van der Waals surface area contributed by atoms with Crippen molar-refractivity contribution in [3.8, 4) is 0 Å². The molecule has 11 heteroatoms. The number of thioether (sulfide) groups is 1. The van der Waals surface area contributed by atoms with Crippen LogP contribution in [-0.2, 0) is 20.8 Å². The third-order valence-corrected chi connectivity index (χ3v) is 6.01. The molecule has 1 aromatic heterocycles. The van der Waals surface area contributed by atoms with Crippen LogP contribution in [0.15, 0.2) is 46.8 Å². The number of amides is 2. The van der Waals surface area contributed by atoms with E-state index in [0.29, 0.717) is 28.7 Å². The lowest BCUT2D eigenvalue weighted by molar-refractivity contribution is -0.139. The summed E-state index contributed by atoms with van der Waals surface area (Å²) < 4.78 is 12.7. The van der Waals surface area contributed by atoms with Crippen LogP contribution in [0.25, 0.3) is 0 Å². The highest BCUT2D eigenvalue weighted by Gasteiger charge is 2.34. The molecule has 0 radical (unpaired) electrons. The molecule has 2 N–H and O–H groups in total. The van der Waals surface area contributed by atoms with Gasteiger partial charge in [-0.05, 0) is 35.8 Å². The summed E-state index contributed by atoms with van der Waals surface area (Å²) in [5, 5.41) is 18.1. The second-order valence-corrected chi connectivity index (χ2v) is 8.06. The molecule has 4 rings (SSSR count). The molecule has 0 bridgehead atoms. The fourth-order valence-electron chi connectivity index (χ4n) is 3.61. The zero-order valence-electron chi connectivity index (χ0n) is 17.1. The maximum atomic E-state index is 12.8. The first-order valence-electron chi connectivity index (χ1n) is 10.2. The Bertz CT molecular complexity index is 958. The first-order valence-corrected chi connectivity index (χ1v) is 11.2. The van der Waals surface area contributed by atoms with E-state index in [9.17, 15) is 9.59 Å². The van der Waals surface area contributed by atoms with Gasteiger partial charge in [-0.25, -0.2) is 14.3 Å². The first-order chi connectivity index (χ1) is 15.2. The summed E-state index contributed by atoms with van der Waals surface area (Å²) in [6, 6.07) is 8.35. The molecule has 0 aliphatic carbocycles.